The molecule has 2 N–H and O–H groups in total. The second-order valence-corrected chi connectivity index (χ2v) is 10.5. The molecule has 0 aromatic heterocycles. The van der Waals surface area contributed by atoms with Gasteiger partial charge in [-0.1, -0.05) is 24.8 Å². The Balaban J connectivity index is 1.55. The van der Waals surface area contributed by atoms with Crippen molar-refractivity contribution in [2.24, 2.45) is 0 Å². The van der Waals surface area contributed by atoms with Gasteiger partial charge in [-0.05, 0) is 61.7 Å². The number of nitrogens with zero attached hydrogens (tertiary/aromatic N) is 1. The van der Waals surface area contributed by atoms with Crippen LogP contribution in [0.5, 0.6) is 11.5 Å². The second-order valence-electron chi connectivity index (χ2n) is 8.83. The van der Waals surface area contributed by atoms with E-state index in [1.807, 2.05) is 0 Å². The van der Waals surface area contributed by atoms with Gasteiger partial charge in [0.15, 0.2) is 5.75 Å². The number of anilines is 1. The average molecular weight is 555 g/mol. The topological polar surface area (TPSA) is 88.1 Å². The van der Waals surface area contributed by atoms with Gasteiger partial charge in [-0.15, -0.1) is 13.2 Å². The van der Waals surface area contributed by atoms with Gasteiger partial charge in [0.2, 0.25) is 10.0 Å². The summed E-state index contributed by atoms with van der Waals surface area (Å²) < 4.78 is 89.5. The van der Waals surface area contributed by atoms with E-state index in [1.54, 1.807) is 29.2 Å². The van der Waals surface area contributed by atoms with Gasteiger partial charge in [0.25, 0.3) is 0 Å². The first kappa shape index (κ1) is 27.7. The van der Waals surface area contributed by atoms with Crippen molar-refractivity contribution >= 4 is 15.7 Å². The molecule has 2 aliphatic rings. The third-order valence-corrected chi connectivity index (χ3v) is 7.73. The molecule has 2 aromatic rings. The number of ether oxygens (including phenoxy) is 2. The first-order valence-electron chi connectivity index (χ1n) is 11.8. The molecule has 204 valence electrons. The number of nitrogens with one attached hydrogen (secondary N) is 1. The molecular formula is C26H26F4N2O5S. The summed E-state index contributed by atoms with van der Waals surface area (Å²) in [6.45, 7) is 3.82. The lowest BCUT2D eigenvalue weighted by Crippen LogP contribution is -2.57. The lowest BCUT2D eigenvalue weighted by Gasteiger charge is -2.44. The summed E-state index contributed by atoms with van der Waals surface area (Å²) >= 11 is 0. The van der Waals surface area contributed by atoms with Crippen molar-refractivity contribution in [3.05, 3.63) is 84.9 Å². The number of rotatable bonds is 7. The summed E-state index contributed by atoms with van der Waals surface area (Å²) in [5.41, 5.74) is 0.433. The molecule has 0 amide bonds. The van der Waals surface area contributed by atoms with Crippen LogP contribution >= 0.6 is 0 Å². The van der Waals surface area contributed by atoms with Crippen molar-refractivity contribution in [1.29, 1.82) is 0 Å². The Morgan fingerprint density at radius 1 is 1.13 bits per heavy atom. The number of hydrogen-bond acceptors (Lipinski definition) is 6. The SMILES string of the molecule is C=C/C=C\C=C1/CN([C@H]2CCC[C@@H](NS(=O)(=O)c3ccc(OC(F)(F)F)cc3)[C@@H]2O)c2cc(F)ccc2O1. The van der Waals surface area contributed by atoms with Crippen LogP contribution in [0.15, 0.2) is 84.0 Å². The highest BCUT2D eigenvalue weighted by Crippen LogP contribution is 2.39. The number of fused-ring (bicyclic) bond motifs is 1. The highest BCUT2D eigenvalue weighted by molar-refractivity contribution is 7.89. The van der Waals surface area contributed by atoms with Crippen LogP contribution in [0.3, 0.4) is 0 Å². The molecule has 38 heavy (non-hydrogen) atoms. The average Bonchev–Trinajstić information content (AvgIpc) is 2.84. The molecule has 1 saturated carbocycles. The molecule has 0 bridgehead atoms. The van der Waals surface area contributed by atoms with Crippen LogP contribution in [0.1, 0.15) is 19.3 Å². The summed E-state index contributed by atoms with van der Waals surface area (Å²) in [4.78, 5) is 1.52. The van der Waals surface area contributed by atoms with Crippen molar-refractivity contribution in [3.8, 4) is 11.5 Å². The third kappa shape index (κ3) is 6.55. The minimum atomic E-state index is -4.90. The smallest absolute Gasteiger partial charge is 0.458 e. The molecule has 3 atom stereocenters. The lowest BCUT2D eigenvalue weighted by molar-refractivity contribution is -0.274. The predicted molar refractivity (Wildman–Crippen MR) is 133 cm³/mol. The zero-order valence-electron chi connectivity index (χ0n) is 20.1. The lowest BCUT2D eigenvalue weighted by atomic mass is 9.87. The van der Waals surface area contributed by atoms with Gasteiger partial charge in [-0.3, -0.25) is 0 Å². The molecule has 0 unspecified atom stereocenters. The quantitative estimate of drug-likeness (QED) is 0.378. The maximum Gasteiger partial charge on any atom is 0.573 e. The highest BCUT2D eigenvalue weighted by atomic mass is 32.2. The van der Waals surface area contributed by atoms with E-state index in [0.717, 1.165) is 24.3 Å². The van der Waals surface area contributed by atoms with E-state index in [1.165, 1.54) is 18.2 Å². The Morgan fingerprint density at radius 2 is 1.87 bits per heavy atom. The van der Waals surface area contributed by atoms with Crippen molar-refractivity contribution in [2.45, 2.75) is 48.7 Å². The van der Waals surface area contributed by atoms with Crippen LogP contribution in [0, 0.1) is 5.82 Å². The number of sulfonamides is 1. The zero-order chi connectivity index (χ0) is 27.5. The molecule has 0 spiro atoms. The fraction of sp³-hybridized carbons (Fsp3) is 0.308. The van der Waals surface area contributed by atoms with Crippen LogP contribution in [-0.2, 0) is 10.0 Å². The van der Waals surface area contributed by atoms with E-state index >= 15 is 0 Å². The molecule has 2 aromatic carbocycles. The molecule has 0 radical (unpaired) electrons. The van der Waals surface area contributed by atoms with E-state index < -0.39 is 46.1 Å². The first-order chi connectivity index (χ1) is 18.0. The number of aliphatic hydroxyl groups excluding tert-OH is 1. The Labute approximate surface area is 217 Å². The third-order valence-electron chi connectivity index (χ3n) is 6.22. The second kappa shape index (κ2) is 11.2. The minimum Gasteiger partial charge on any atom is -0.458 e. The number of halogens is 4. The molecule has 1 heterocycles. The monoisotopic (exact) mass is 554 g/mol. The van der Waals surface area contributed by atoms with E-state index in [9.17, 15) is 31.1 Å². The van der Waals surface area contributed by atoms with Crippen LogP contribution in [-0.4, -0.2) is 44.6 Å². The molecule has 12 heteroatoms. The van der Waals surface area contributed by atoms with E-state index in [0.29, 0.717) is 36.5 Å². The van der Waals surface area contributed by atoms with E-state index in [4.69, 9.17) is 4.74 Å². The van der Waals surface area contributed by atoms with Crippen molar-refractivity contribution in [2.75, 3.05) is 11.4 Å². The van der Waals surface area contributed by atoms with Gasteiger partial charge >= 0.3 is 6.36 Å². The highest BCUT2D eigenvalue weighted by Gasteiger charge is 2.40. The van der Waals surface area contributed by atoms with Gasteiger partial charge in [-0.25, -0.2) is 17.5 Å². The number of aliphatic hydroxyl groups is 1. The molecule has 1 aliphatic heterocycles. The van der Waals surface area contributed by atoms with Crippen molar-refractivity contribution in [3.63, 3.8) is 0 Å². The minimum absolute atomic E-state index is 0.208. The Kier molecular flexibility index (Phi) is 8.14. The van der Waals surface area contributed by atoms with Gasteiger partial charge in [0, 0.05) is 6.07 Å². The fourth-order valence-electron chi connectivity index (χ4n) is 4.57. The summed E-state index contributed by atoms with van der Waals surface area (Å²) in [5, 5.41) is 11.3. The normalized spacial score (nSPS) is 23.2. The fourth-order valence-corrected chi connectivity index (χ4v) is 5.85. The zero-order valence-corrected chi connectivity index (χ0v) is 20.9. The number of hydrogen-bond donors (Lipinski definition) is 2. The van der Waals surface area contributed by atoms with E-state index in [-0.39, 0.29) is 11.4 Å². The van der Waals surface area contributed by atoms with Gasteiger partial charge in [-0.2, -0.15) is 0 Å². The van der Waals surface area contributed by atoms with Crippen LogP contribution in [0.25, 0.3) is 0 Å². The Hall–Kier alpha value is -3.35. The van der Waals surface area contributed by atoms with Gasteiger partial charge in [0.05, 0.1) is 35.3 Å². The Morgan fingerprint density at radius 3 is 2.55 bits per heavy atom. The van der Waals surface area contributed by atoms with Crippen molar-refractivity contribution in [1.82, 2.24) is 4.72 Å². The molecule has 1 aliphatic carbocycles. The molecule has 1 fully saturated rings. The van der Waals surface area contributed by atoms with Gasteiger partial charge < -0.3 is 19.5 Å². The number of alkyl halides is 3. The van der Waals surface area contributed by atoms with Crippen molar-refractivity contribution < 1.29 is 40.6 Å². The van der Waals surface area contributed by atoms with Gasteiger partial charge in [0.1, 0.15) is 17.3 Å². The molecule has 4 rings (SSSR count). The van der Waals surface area contributed by atoms with Crippen LogP contribution < -0.4 is 19.1 Å². The summed E-state index contributed by atoms with van der Waals surface area (Å²) in [6, 6.07) is 6.37. The largest absolute Gasteiger partial charge is 0.573 e. The maximum absolute atomic E-state index is 14.1. The standard InChI is InChI=1S/C26H26F4N2O5S/c1-2-3-4-6-19-16-32(23-15-17(27)9-14-24(23)36-19)22-8-5-7-21(25(22)33)31-38(34,35)20-12-10-18(11-13-20)37-26(28,29)30/h2-4,6,9-15,21-22,25,31,33H,1,5,7-8,16H2/b4-3-,19-6+/t21-,22+,25+/m1/s1. The van der Waals surface area contributed by atoms with E-state index in [2.05, 4.69) is 16.0 Å². The summed E-state index contributed by atoms with van der Waals surface area (Å²) in [6.07, 6.45) is 2.08. The molecular weight excluding hydrogens is 528 g/mol. The van der Waals surface area contributed by atoms with Crippen LogP contribution in [0.2, 0.25) is 0 Å². The summed E-state index contributed by atoms with van der Waals surface area (Å²) in [7, 11) is -4.18. The Bertz CT molecular complexity index is 1330. The first-order valence-corrected chi connectivity index (χ1v) is 13.2. The number of allylic oxidation sites excluding steroid dienone is 4. The van der Waals surface area contributed by atoms with Crippen LogP contribution in [0.4, 0.5) is 23.2 Å². The summed E-state index contributed by atoms with van der Waals surface area (Å²) in [5.74, 6) is -0.110. The molecule has 0 saturated heterocycles. The predicted octanol–water partition coefficient (Wildman–Crippen LogP) is 4.81. The number of benzene rings is 2. The maximum atomic E-state index is 14.1. The molecule has 7 nitrogen and oxygen atoms in total.